The van der Waals surface area contributed by atoms with Crippen LogP contribution in [0.5, 0.6) is 0 Å². The molecular weight excluding hydrogens is 386 g/mol. The minimum atomic E-state index is -0.939. The SMILES string of the molecule is CC(C)C(=O)N1CCN(CC(=O)Nc2nc(-c3ccc(F)c(F)c3)cs2)CC1. The summed E-state index contributed by atoms with van der Waals surface area (Å²) in [6.07, 6.45) is 0. The van der Waals surface area contributed by atoms with Crippen LogP contribution in [0.2, 0.25) is 0 Å². The normalized spacial score (nSPS) is 15.1. The highest BCUT2D eigenvalue weighted by molar-refractivity contribution is 7.14. The quantitative estimate of drug-likeness (QED) is 0.826. The molecular formula is C19H22F2N4O2S. The molecule has 1 aliphatic heterocycles. The van der Waals surface area contributed by atoms with Crippen molar-refractivity contribution in [1.82, 2.24) is 14.8 Å². The van der Waals surface area contributed by atoms with E-state index in [1.54, 1.807) is 5.38 Å². The first kappa shape index (κ1) is 20.3. The molecule has 0 saturated carbocycles. The van der Waals surface area contributed by atoms with Crippen molar-refractivity contribution in [1.29, 1.82) is 0 Å². The molecule has 2 heterocycles. The molecule has 2 amide bonds. The molecule has 0 aliphatic carbocycles. The summed E-state index contributed by atoms with van der Waals surface area (Å²) < 4.78 is 26.4. The van der Waals surface area contributed by atoms with E-state index in [2.05, 4.69) is 10.3 Å². The first-order valence-corrected chi connectivity index (χ1v) is 9.93. The Morgan fingerprint density at radius 3 is 2.54 bits per heavy atom. The standard InChI is InChI=1S/C19H22F2N4O2S/c1-12(2)18(27)25-7-5-24(6-8-25)10-17(26)23-19-22-16(11-28-19)13-3-4-14(20)15(21)9-13/h3-4,9,11-12H,5-8,10H2,1-2H3,(H,22,23,26). The molecule has 0 bridgehead atoms. The van der Waals surface area contributed by atoms with Crippen LogP contribution in [0.3, 0.4) is 0 Å². The zero-order valence-electron chi connectivity index (χ0n) is 15.7. The number of aromatic nitrogens is 1. The molecule has 6 nitrogen and oxygen atoms in total. The van der Waals surface area contributed by atoms with Crippen LogP contribution in [-0.2, 0) is 9.59 Å². The van der Waals surface area contributed by atoms with Crippen molar-refractivity contribution in [2.75, 3.05) is 38.0 Å². The third-order valence-electron chi connectivity index (χ3n) is 4.51. The Bertz CT molecular complexity index is 863. The van der Waals surface area contributed by atoms with E-state index in [1.807, 2.05) is 23.6 Å². The van der Waals surface area contributed by atoms with Gasteiger partial charge in [-0.1, -0.05) is 13.8 Å². The number of anilines is 1. The minimum absolute atomic E-state index is 0.0245. The molecule has 1 aromatic carbocycles. The fourth-order valence-corrected chi connectivity index (χ4v) is 3.71. The lowest BCUT2D eigenvalue weighted by Crippen LogP contribution is -2.51. The van der Waals surface area contributed by atoms with Gasteiger partial charge in [-0.25, -0.2) is 13.8 Å². The van der Waals surface area contributed by atoms with Crippen LogP contribution in [0, 0.1) is 17.6 Å². The summed E-state index contributed by atoms with van der Waals surface area (Å²) in [5.41, 5.74) is 0.918. The Morgan fingerprint density at radius 1 is 1.18 bits per heavy atom. The number of benzene rings is 1. The van der Waals surface area contributed by atoms with Crippen LogP contribution in [-0.4, -0.2) is 59.3 Å². The molecule has 1 fully saturated rings. The average molecular weight is 408 g/mol. The van der Waals surface area contributed by atoms with E-state index in [1.165, 1.54) is 17.4 Å². The first-order valence-electron chi connectivity index (χ1n) is 9.05. The highest BCUT2D eigenvalue weighted by Gasteiger charge is 2.24. The van der Waals surface area contributed by atoms with Gasteiger partial charge in [0.25, 0.3) is 0 Å². The number of rotatable bonds is 5. The summed E-state index contributed by atoms with van der Waals surface area (Å²) in [4.78, 5) is 32.4. The number of nitrogens with zero attached hydrogens (tertiary/aromatic N) is 3. The number of hydrogen-bond donors (Lipinski definition) is 1. The van der Waals surface area contributed by atoms with Crippen LogP contribution in [0.4, 0.5) is 13.9 Å². The van der Waals surface area contributed by atoms with E-state index < -0.39 is 11.6 Å². The van der Waals surface area contributed by atoms with Crippen molar-refractivity contribution >= 4 is 28.3 Å². The number of halogens is 2. The highest BCUT2D eigenvalue weighted by Crippen LogP contribution is 2.26. The van der Waals surface area contributed by atoms with E-state index in [0.29, 0.717) is 42.6 Å². The van der Waals surface area contributed by atoms with Crippen LogP contribution in [0.1, 0.15) is 13.8 Å². The van der Waals surface area contributed by atoms with Crippen LogP contribution in [0.15, 0.2) is 23.6 Å². The second-order valence-corrected chi connectivity index (χ2v) is 7.83. The number of carbonyl (C=O) groups excluding carboxylic acids is 2. The van der Waals surface area contributed by atoms with Gasteiger partial charge < -0.3 is 10.2 Å². The summed E-state index contributed by atoms with van der Waals surface area (Å²) in [5.74, 6) is -1.94. The van der Waals surface area contributed by atoms with Crippen molar-refractivity contribution in [3.8, 4) is 11.3 Å². The van der Waals surface area contributed by atoms with Gasteiger partial charge in [-0.2, -0.15) is 0 Å². The molecule has 1 aromatic heterocycles. The number of thiazole rings is 1. The fraction of sp³-hybridized carbons (Fsp3) is 0.421. The van der Waals surface area contributed by atoms with Gasteiger partial charge in [0, 0.05) is 43.0 Å². The minimum Gasteiger partial charge on any atom is -0.340 e. The lowest BCUT2D eigenvalue weighted by molar-refractivity contribution is -0.136. The molecule has 150 valence electrons. The molecule has 1 saturated heterocycles. The van der Waals surface area contributed by atoms with E-state index >= 15 is 0 Å². The van der Waals surface area contributed by atoms with Gasteiger partial charge in [0.1, 0.15) is 0 Å². The van der Waals surface area contributed by atoms with Crippen LogP contribution in [0.25, 0.3) is 11.3 Å². The van der Waals surface area contributed by atoms with Crippen molar-refractivity contribution in [3.63, 3.8) is 0 Å². The van der Waals surface area contributed by atoms with E-state index in [-0.39, 0.29) is 24.3 Å². The van der Waals surface area contributed by atoms with Crippen LogP contribution < -0.4 is 5.32 Å². The molecule has 0 unspecified atom stereocenters. The zero-order valence-corrected chi connectivity index (χ0v) is 16.6. The Kier molecular flexibility index (Phi) is 6.35. The lowest BCUT2D eigenvalue weighted by atomic mass is 10.1. The van der Waals surface area contributed by atoms with Crippen molar-refractivity contribution in [3.05, 3.63) is 35.2 Å². The molecule has 0 spiro atoms. The third-order valence-corrected chi connectivity index (χ3v) is 5.27. The molecule has 3 rings (SSSR count). The Hall–Kier alpha value is -2.39. The number of piperazine rings is 1. The second kappa shape index (κ2) is 8.74. The lowest BCUT2D eigenvalue weighted by Gasteiger charge is -2.35. The van der Waals surface area contributed by atoms with Crippen molar-refractivity contribution in [2.24, 2.45) is 5.92 Å². The van der Waals surface area contributed by atoms with Gasteiger partial charge >= 0.3 is 0 Å². The number of nitrogens with one attached hydrogen (secondary N) is 1. The van der Waals surface area contributed by atoms with Gasteiger partial charge in [-0.3, -0.25) is 14.5 Å². The summed E-state index contributed by atoms with van der Waals surface area (Å²) in [7, 11) is 0. The molecule has 9 heteroatoms. The summed E-state index contributed by atoms with van der Waals surface area (Å²) in [6.45, 7) is 6.48. The highest BCUT2D eigenvalue weighted by atomic mass is 32.1. The van der Waals surface area contributed by atoms with E-state index in [9.17, 15) is 18.4 Å². The summed E-state index contributed by atoms with van der Waals surface area (Å²) >= 11 is 1.22. The number of hydrogen-bond acceptors (Lipinski definition) is 5. The maximum absolute atomic E-state index is 13.4. The molecule has 0 atom stereocenters. The molecule has 2 aromatic rings. The van der Waals surface area contributed by atoms with Gasteiger partial charge in [0.15, 0.2) is 16.8 Å². The Morgan fingerprint density at radius 2 is 1.89 bits per heavy atom. The summed E-state index contributed by atoms with van der Waals surface area (Å²) in [5, 5.41) is 4.82. The monoisotopic (exact) mass is 408 g/mol. The predicted molar refractivity (Wildman–Crippen MR) is 104 cm³/mol. The van der Waals surface area contributed by atoms with Crippen molar-refractivity contribution in [2.45, 2.75) is 13.8 Å². The largest absolute Gasteiger partial charge is 0.340 e. The van der Waals surface area contributed by atoms with E-state index in [4.69, 9.17) is 0 Å². The van der Waals surface area contributed by atoms with Gasteiger partial charge in [0.05, 0.1) is 12.2 Å². The zero-order chi connectivity index (χ0) is 20.3. The van der Waals surface area contributed by atoms with Gasteiger partial charge in [-0.05, 0) is 18.2 Å². The Balaban J connectivity index is 1.51. The van der Waals surface area contributed by atoms with Gasteiger partial charge in [0.2, 0.25) is 11.8 Å². The van der Waals surface area contributed by atoms with Crippen LogP contribution >= 0.6 is 11.3 Å². The topological polar surface area (TPSA) is 65.5 Å². The van der Waals surface area contributed by atoms with Crippen molar-refractivity contribution < 1.29 is 18.4 Å². The molecule has 1 aliphatic rings. The van der Waals surface area contributed by atoms with E-state index in [0.717, 1.165) is 12.1 Å². The average Bonchev–Trinajstić information content (AvgIpc) is 3.12. The van der Waals surface area contributed by atoms with Gasteiger partial charge in [-0.15, -0.1) is 11.3 Å². The smallest absolute Gasteiger partial charge is 0.240 e. The molecule has 0 radical (unpaired) electrons. The molecule has 1 N–H and O–H groups in total. The molecule has 28 heavy (non-hydrogen) atoms. The predicted octanol–water partition coefficient (Wildman–Crippen LogP) is 2.83. The Labute approximate surface area is 166 Å². The number of amides is 2. The first-order chi connectivity index (χ1) is 13.3. The maximum Gasteiger partial charge on any atom is 0.240 e. The maximum atomic E-state index is 13.4. The summed E-state index contributed by atoms with van der Waals surface area (Å²) in [6, 6.07) is 3.57. The third kappa shape index (κ3) is 4.90. The fourth-order valence-electron chi connectivity index (χ4n) is 2.97. The number of carbonyl (C=O) groups is 2. The second-order valence-electron chi connectivity index (χ2n) is 6.97.